The minimum Gasteiger partial charge on any atom is -0.492 e. The molecule has 0 unspecified atom stereocenters. The van der Waals surface area contributed by atoms with Gasteiger partial charge in [0, 0.05) is 6.42 Å². The van der Waals surface area contributed by atoms with E-state index in [1.54, 1.807) is 35.6 Å². The minimum atomic E-state index is 0.517. The molecule has 0 aliphatic carbocycles. The van der Waals surface area contributed by atoms with Gasteiger partial charge in [0.2, 0.25) is 0 Å². The van der Waals surface area contributed by atoms with Crippen LogP contribution >= 0.6 is 11.3 Å². The summed E-state index contributed by atoms with van der Waals surface area (Å²) >= 11 is 1.62. The maximum Gasteiger partial charge on any atom is 0.138 e. The van der Waals surface area contributed by atoms with Gasteiger partial charge < -0.3 is 10.1 Å². The van der Waals surface area contributed by atoms with Gasteiger partial charge >= 0.3 is 0 Å². The average molecular weight is 324 g/mol. The minimum absolute atomic E-state index is 0.517. The van der Waals surface area contributed by atoms with E-state index in [-0.39, 0.29) is 0 Å². The van der Waals surface area contributed by atoms with Crippen molar-refractivity contribution in [2.24, 2.45) is 0 Å². The zero-order chi connectivity index (χ0) is 16.1. The molecule has 0 amide bonds. The van der Waals surface area contributed by atoms with E-state index in [0.717, 1.165) is 34.0 Å². The molecule has 116 valence electrons. The third-order valence-corrected chi connectivity index (χ3v) is 4.14. The fraction of sp³-hybridized carbons (Fsp3) is 0.235. The normalized spacial score (nSPS) is 10.4. The predicted octanol–water partition coefficient (Wildman–Crippen LogP) is 3.62. The molecule has 0 saturated heterocycles. The number of thiophene rings is 1. The second-order valence-electron chi connectivity index (χ2n) is 4.89. The summed E-state index contributed by atoms with van der Waals surface area (Å²) in [7, 11) is 0. The summed E-state index contributed by atoms with van der Waals surface area (Å²) in [6, 6.07) is 11.2. The summed E-state index contributed by atoms with van der Waals surface area (Å²) < 4.78 is 5.66. The average Bonchev–Trinajstić information content (AvgIpc) is 3.07. The van der Waals surface area contributed by atoms with Crippen LogP contribution in [-0.2, 0) is 6.42 Å². The van der Waals surface area contributed by atoms with E-state index in [0.29, 0.717) is 18.7 Å². The second kappa shape index (κ2) is 7.07. The van der Waals surface area contributed by atoms with Gasteiger partial charge in [0.1, 0.15) is 28.8 Å². The van der Waals surface area contributed by atoms with Gasteiger partial charge in [-0.15, -0.1) is 11.3 Å². The Morgan fingerprint density at radius 2 is 2.04 bits per heavy atom. The number of nitrogens with zero attached hydrogens (tertiary/aromatic N) is 3. The SMILES string of the molecule is CCc1nc(NCCOc2ccc(C#N)cc2)c2ccsc2n1. The number of nitrogens with one attached hydrogen (secondary N) is 1. The van der Waals surface area contributed by atoms with Crippen molar-refractivity contribution >= 4 is 27.4 Å². The number of nitriles is 1. The number of benzene rings is 1. The van der Waals surface area contributed by atoms with Crippen molar-refractivity contribution in [3.63, 3.8) is 0 Å². The fourth-order valence-corrected chi connectivity index (χ4v) is 2.94. The van der Waals surface area contributed by atoms with Crippen LogP contribution in [0.25, 0.3) is 10.2 Å². The Bertz CT molecular complexity index is 836. The van der Waals surface area contributed by atoms with E-state index in [1.165, 1.54) is 0 Å². The maximum atomic E-state index is 8.77. The first-order valence-corrected chi connectivity index (χ1v) is 8.29. The molecule has 1 aromatic carbocycles. The van der Waals surface area contributed by atoms with E-state index >= 15 is 0 Å². The first kappa shape index (κ1) is 15.3. The highest BCUT2D eigenvalue weighted by Crippen LogP contribution is 2.25. The van der Waals surface area contributed by atoms with Crippen molar-refractivity contribution in [3.05, 3.63) is 47.1 Å². The second-order valence-corrected chi connectivity index (χ2v) is 5.79. The van der Waals surface area contributed by atoms with Crippen LogP contribution in [0.4, 0.5) is 5.82 Å². The monoisotopic (exact) mass is 324 g/mol. The standard InChI is InChI=1S/C17H16N4OS/c1-2-15-20-16(14-7-10-23-17(14)21-15)19-8-9-22-13-5-3-12(11-18)4-6-13/h3-7,10H,2,8-9H2,1H3,(H,19,20,21). The van der Waals surface area contributed by atoms with E-state index in [4.69, 9.17) is 10.00 Å². The molecule has 2 aromatic heterocycles. The van der Waals surface area contributed by atoms with Crippen LogP contribution in [0.15, 0.2) is 35.7 Å². The van der Waals surface area contributed by atoms with Crippen LogP contribution in [0.5, 0.6) is 5.75 Å². The Balaban J connectivity index is 1.60. The molecule has 0 fully saturated rings. The highest BCUT2D eigenvalue weighted by molar-refractivity contribution is 7.16. The van der Waals surface area contributed by atoms with Gasteiger partial charge in [0.25, 0.3) is 0 Å². The number of ether oxygens (including phenoxy) is 1. The van der Waals surface area contributed by atoms with E-state index in [2.05, 4.69) is 21.4 Å². The number of hydrogen-bond acceptors (Lipinski definition) is 6. The number of fused-ring (bicyclic) bond motifs is 1. The van der Waals surface area contributed by atoms with E-state index < -0.39 is 0 Å². The predicted molar refractivity (Wildman–Crippen MR) is 91.9 cm³/mol. The fourth-order valence-electron chi connectivity index (χ4n) is 2.16. The van der Waals surface area contributed by atoms with Crippen molar-refractivity contribution < 1.29 is 4.74 Å². The Kier molecular flexibility index (Phi) is 4.69. The lowest BCUT2D eigenvalue weighted by atomic mass is 10.2. The van der Waals surface area contributed by atoms with Crippen LogP contribution in [0.3, 0.4) is 0 Å². The van der Waals surface area contributed by atoms with Gasteiger partial charge in [0.05, 0.1) is 23.6 Å². The number of aryl methyl sites for hydroxylation is 1. The zero-order valence-corrected chi connectivity index (χ0v) is 13.6. The highest BCUT2D eigenvalue weighted by atomic mass is 32.1. The van der Waals surface area contributed by atoms with Crippen molar-refractivity contribution in [3.8, 4) is 11.8 Å². The molecule has 1 N–H and O–H groups in total. The van der Waals surface area contributed by atoms with Crippen LogP contribution < -0.4 is 10.1 Å². The molecule has 0 aliphatic rings. The summed E-state index contributed by atoms with van der Waals surface area (Å²) in [6.07, 6.45) is 0.810. The quantitative estimate of drug-likeness (QED) is 0.701. The molecule has 0 aliphatic heterocycles. The Labute approximate surface area is 138 Å². The van der Waals surface area contributed by atoms with Crippen LogP contribution in [0, 0.1) is 11.3 Å². The van der Waals surface area contributed by atoms with Gasteiger partial charge in [-0.3, -0.25) is 0 Å². The van der Waals surface area contributed by atoms with Crippen LogP contribution in [0.2, 0.25) is 0 Å². The smallest absolute Gasteiger partial charge is 0.138 e. The van der Waals surface area contributed by atoms with Gasteiger partial charge in [0.15, 0.2) is 0 Å². The Morgan fingerprint density at radius 3 is 2.78 bits per heavy atom. The number of anilines is 1. The topological polar surface area (TPSA) is 70.8 Å². The van der Waals surface area contributed by atoms with Crippen molar-refractivity contribution in [2.45, 2.75) is 13.3 Å². The zero-order valence-electron chi connectivity index (χ0n) is 12.7. The van der Waals surface area contributed by atoms with Gasteiger partial charge in [-0.1, -0.05) is 6.92 Å². The van der Waals surface area contributed by atoms with E-state index in [9.17, 15) is 0 Å². The molecule has 2 heterocycles. The van der Waals surface area contributed by atoms with Crippen molar-refractivity contribution in [2.75, 3.05) is 18.5 Å². The Morgan fingerprint density at radius 1 is 1.22 bits per heavy atom. The van der Waals surface area contributed by atoms with Gasteiger partial charge in [-0.25, -0.2) is 9.97 Å². The van der Waals surface area contributed by atoms with Gasteiger partial charge in [-0.05, 0) is 35.7 Å². The molecule has 6 heteroatoms. The molecule has 0 bridgehead atoms. The number of hydrogen-bond donors (Lipinski definition) is 1. The summed E-state index contributed by atoms with van der Waals surface area (Å²) in [5.74, 6) is 2.45. The first-order chi connectivity index (χ1) is 11.3. The van der Waals surface area contributed by atoms with Crippen molar-refractivity contribution in [1.82, 2.24) is 9.97 Å². The summed E-state index contributed by atoms with van der Waals surface area (Å²) in [5.41, 5.74) is 0.628. The van der Waals surface area contributed by atoms with E-state index in [1.807, 2.05) is 18.4 Å². The largest absolute Gasteiger partial charge is 0.492 e. The molecule has 23 heavy (non-hydrogen) atoms. The molecule has 3 aromatic rings. The van der Waals surface area contributed by atoms with Crippen LogP contribution in [-0.4, -0.2) is 23.1 Å². The number of aromatic nitrogens is 2. The molecule has 0 spiro atoms. The summed E-state index contributed by atoms with van der Waals surface area (Å²) in [4.78, 5) is 10.1. The molecule has 0 radical (unpaired) electrons. The van der Waals surface area contributed by atoms with Crippen LogP contribution in [0.1, 0.15) is 18.3 Å². The van der Waals surface area contributed by atoms with Gasteiger partial charge in [-0.2, -0.15) is 5.26 Å². The van der Waals surface area contributed by atoms with Crippen molar-refractivity contribution in [1.29, 1.82) is 5.26 Å². The highest BCUT2D eigenvalue weighted by Gasteiger charge is 2.07. The molecule has 0 atom stereocenters. The number of rotatable bonds is 6. The molecule has 0 saturated carbocycles. The Hall–Kier alpha value is -2.65. The lowest BCUT2D eigenvalue weighted by molar-refractivity contribution is 0.333. The maximum absolute atomic E-state index is 8.77. The summed E-state index contributed by atoms with van der Waals surface area (Å²) in [6.45, 7) is 3.21. The molecular weight excluding hydrogens is 308 g/mol. The molecule has 3 rings (SSSR count). The summed E-state index contributed by atoms with van der Waals surface area (Å²) in [5, 5.41) is 15.2. The third-order valence-electron chi connectivity index (χ3n) is 3.33. The lowest BCUT2D eigenvalue weighted by Gasteiger charge is -2.10. The lowest BCUT2D eigenvalue weighted by Crippen LogP contribution is -2.13. The third kappa shape index (κ3) is 3.58. The molecular formula is C17H16N4OS. The first-order valence-electron chi connectivity index (χ1n) is 7.41. The molecule has 5 nitrogen and oxygen atoms in total.